The van der Waals surface area contributed by atoms with Crippen molar-refractivity contribution in [1.29, 1.82) is 0 Å². The molecule has 1 aromatic carbocycles. The van der Waals surface area contributed by atoms with E-state index in [1.807, 2.05) is 4.90 Å². The highest BCUT2D eigenvalue weighted by atomic mass is 35.5. The third kappa shape index (κ3) is 4.86. The maximum atomic E-state index is 14.9. The lowest BCUT2D eigenvalue weighted by Crippen LogP contribution is -2.44. The third-order valence-electron chi connectivity index (χ3n) is 7.89. The Labute approximate surface area is 229 Å². The number of ether oxygens (including phenoxy) is 1. The summed E-state index contributed by atoms with van der Waals surface area (Å²) in [5, 5.41) is 16.8. The first-order chi connectivity index (χ1) is 18.6. The van der Waals surface area contributed by atoms with E-state index < -0.39 is 24.1 Å². The average molecular weight is 561 g/mol. The Hall–Kier alpha value is -3.18. The number of fused-ring (bicyclic) bond motifs is 3. The maximum Gasteiger partial charge on any atom is 0.301 e. The molecule has 2 aliphatic heterocycles. The van der Waals surface area contributed by atoms with E-state index in [-0.39, 0.29) is 29.9 Å². The quantitative estimate of drug-likeness (QED) is 0.422. The van der Waals surface area contributed by atoms with Crippen LogP contribution in [-0.2, 0) is 7.05 Å². The number of halogens is 3. The number of aliphatic hydroxyl groups is 1. The average Bonchev–Trinajstić information content (AvgIpc) is 3.75. The highest BCUT2D eigenvalue weighted by Gasteiger charge is 2.51. The topological polar surface area (TPSA) is 105 Å². The first-order valence-electron chi connectivity index (χ1n) is 13.2. The number of pyridine rings is 1. The molecule has 12 heteroatoms. The Morgan fingerprint density at radius 1 is 1.31 bits per heavy atom. The first-order valence-corrected chi connectivity index (χ1v) is 13.6. The number of aliphatic hydroxyl groups excluding tert-OH is 1. The molecule has 1 aliphatic carbocycles. The Balaban J connectivity index is 1.37. The van der Waals surface area contributed by atoms with Crippen LogP contribution in [0.25, 0.3) is 10.9 Å². The van der Waals surface area contributed by atoms with Crippen molar-refractivity contribution in [2.45, 2.75) is 38.2 Å². The number of alkyl halides is 2. The van der Waals surface area contributed by atoms with E-state index >= 15 is 0 Å². The minimum Gasteiger partial charge on any atom is -0.480 e. The smallest absolute Gasteiger partial charge is 0.301 e. The highest BCUT2D eigenvalue weighted by molar-refractivity contribution is 6.32. The number of aryl methyl sites for hydroxylation is 1. The number of anilines is 4. The van der Waals surface area contributed by atoms with Crippen LogP contribution in [0.3, 0.4) is 0 Å². The fraction of sp³-hybridized carbons (Fsp3) is 0.519. The van der Waals surface area contributed by atoms with Gasteiger partial charge in [0.25, 0.3) is 5.56 Å². The summed E-state index contributed by atoms with van der Waals surface area (Å²) in [6, 6.07) is 4.20. The molecule has 3 aliphatic rings. The van der Waals surface area contributed by atoms with E-state index in [0.717, 1.165) is 13.0 Å². The van der Waals surface area contributed by atoms with Crippen LogP contribution in [0.5, 0.6) is 5.75 Å². The normalized spacial score (nSPS) is 24.5. The van der Waals surface area contributed by atoms with E-state index in [9.17, 15) is 18.7 Å². The summed E-state index contributed by atoms with van der Waals surface area (Å²) in [5.74, 6) is -1.96. The summed E-state index contributed by atoms with van der Waals surface area (Å²) in [6.07, 6.45) is 3.90. The Bertz CT molecular complexity index is 1480. The predicted molar refractivity (Wildman–Crippen MR) is 147 cm³/mol. The van der Waals surface area contributed by atoms with E-state index in [1.165, 1.54) is 10.8 Å². The molecule has 0 bridgehead atoms. The van der Waals surface area contributed by atoms with Gasteiger partial charge in [0.2, 0.25) is 11.7 Å². The van der Waals surface area contributed by atoms with Gasteiger partial charge < -0.3 is 29.9 Å². The van der Waals surface area contributed by atoms with Crippen molar-refractivity contribution in [3.05, 3.63) is 39.8 Å². The van der Waals surface area contributed by atoms with Crippen LogP contribution in [0.15, 0.2) is 29.2 Å². The SMILES string of the molecule is C[C@H]1C[C@@H](CO)CN(c2ncc(Cl)c(Nc3ccc4c(c3)c3c(c(=O)n4C)OCC(F)(F)C(C4CC4)N3)n2)C1. The van der Waals surface area contributed by atoms with E-state index in [1.54, 1.807) is 25.2 Å². The number of nitrogens with one attached hydrogen (secondary N) is 2. The lowest BCUT2D eigenvalue weighted by atomic mass is 9.91. The van der Waals surface area contributed by atoms with Crippen molar-refractivity contribution in [3.63, 3.8) is 0 Å². The number of rotatable bonds is 5. The summed E-state index contributed by atoms with van der Waals surface area (Å²) < 4.78 is 36.7. The fourth-order valence-corrected chi connectivity index (χ4v) is 5.94. The molecule has 0 amide bonds. The van der Waals surface area contributed by atoms with Gasteiger partial charge in [-0.25, -0.2) is 13.8 Å². The minimum atomic E-state index is -3.11. The lowest BCUT2D eigenvalue weighted by Gasteiger charge is -2.35. The molecule has 0 spiro atoms. The molecule has 0 radical (unpaired) electrons. The second-order valence-corrected chi connectivity index (χ2v) is 11.5. The number of piperidine rings is 1. The second-order valence-electron chi connectivity index (χ2n) is 11.1. The van der Waals surface area contributed by atoms with Crippen molar-refractivity contribution in [2.24, 2.45) is 24.8 Å². The summed E-state index contributed by atoms with van der Waals surface area (Å²) >= 11 is 6.46. The number of nitrogens with zero attached hydrogens (tertiary/aromatic N) is 4. The molecule has 1 saturated heterocycles. The molecule has 2 aromatic heterocycles. The van der Waals surface area contributed by atoms with Gasteiger partial charge in [-0.1, -0.05) is 18.5 Å². The molecule has 1 saturated carbocycles. The molecular formula is C27H31ClF2N6O3. The molecule has 6 rings (SSSR count). The van der Waals surface area contributed by atoms with E-state index in [0.29, 0.717) is 58.7 Å². The Morgan fingerprint density at radius 2 is 2.10 bits per heavy atom. The molecule has 39 heavy (non-hydrogen) atoms. The number of aromatic nitrogens is 3. The zero-order chi connectivity index (χ0) is 27.5. The van der Waals surface area contributed by atoms with Crippen LogP contribution in [-0.4, -0.2) is 57.9 Å². The molecule has 4 heterocycles. The molecule has 3 N–H and O–H groups in total. The van der Waals surface area contributed by atoms with Crippen molar-refractivity contribution in [1.82, 2.24) is 14.5 Å². The van der Waals surface area contributed by atoms with Gasteiger partial charge in [-0.15, -0.1) is 0 Å². The van der Waals surface area contributed by atoms with Gasteiger partial charge in [-0.05, 0) is 55.2 Å². The summed E-state index contributed by atoms with van der Waals surface area (Å²) in [4.78, 5) is 24.2. The molecule has 1 unspecified atom stereocenters. The molecule has 3 atom stereocenters. The van der Waals surface area contributed by atoms with E-state index in [2.05, 4.69) is 27.5 Å². The minimum absolute atomic E-state index is 0.106. The van der Waals surface area contributed by atoms with Crippen molar-refractivity contribution >= 4 is 45.6 Å². The number of hydrogen-bond donors (Lipinski definition) is 3. The number of benzene rings is 1. The van der Waals surface area contributed by atoms with Crippen LogP contribution >= 0.6 is 11.6 Å². The molecule has 2 fully saturated rings. The third-order valence-corrected chi connectivity index (χ3v) is 8.17. The first kappa shape index (κ1) is 26.1. The van der Waals surface area contributed by atoms with Gasteiger partial charge >= 0.3 is 5.92 Å². The van der Waals surface area contributed by atoms with Gasteiger partial charge in [0.15, 0.2) is 12.4 Å². The van der Waals surface area contributed by atoms with Crippen LogP contribution in [0.2, 0.25) is 5.02 Å². The van der Waals surface area contributed by atoms with Gasteiger partial charge in [-0.3, -0.25) is 4.79 Å². The van der Waals surface area contributed by atoms with Gasteiger partial charge in [0.1, 0.15) is 5.02 Å². The van der Waals surface area contributed by atoms with Gasteiger partial charge in [0, 0.05) is 37.8 Å². The Kier molecular flexibility index (Phi) is 6.53. The molecule has 9 nitrogen and oxygen atoms in total. The van der Waals surface area contributed by atoms with Crippen LogP contribution < -0.4 is 25.8 Å². The lowest BCUT2D eigenvalue weighted by molar-refractivity contribution is -0.0579. The Morgan fingerprint density at radius 3 is 2.85 bits per heavy atom. The van der Waals surface area contributed by atoms with Crippen molar-refractivity contribution < 1.29 is 18.6 Å². The fourth-order valence-electron chi connectivity index (χ4n) is 5.80. The van der Waals surface area contributed by atoms with Crippen LogP contribution in [0, 0.1) is 17.8 Å². The van der Waals surface area contributed by atoms with Gasteiger partial charge in [0.05, 0.1) is 23.4 Å². The van der Waals surface area contributed by atoms with Crippen molar-refractivity contribution in [3.8, 4) is 5.75 Å². The van der Waals surface area contributed by atoms with Crippen LogP contribution in [0.1, 0.15) is 26.2 Å². The standard InChI is InChI=1S/C27H31ClF2N6O3/c1-14-7-15(12-37)11-36(10-14)26-31-9-19(28)24(34-26)32-17-5-6-20-18(8-17)21-22(25(38)35(20)2)39-13-27(29,30)23(33-21)16-3-4-16/h5-6,8-9,14-16,23,33,37H,3-4,7,10-13H2,1-2H3,(H,31,32,34)/t14-,15+,23?/m0/s1. The predicted octanol–water partition coefficient (Wildman–Crippen LogP) is 4.40. The monoisotopic (exact) mass is 560 g/mol. The number of hydrogen-bond acceptors (Lipinski definition) is 8. The molecule has 3 aromatic rings. The molecular weight excluding hydrogens is 530 g/mol. The van der Waals surface area contributed by atoms with Gasteiger partial charge in [-0.2, -0.15) is 4.98 Å². The maximum absolute atomic E-state index is 14.9. The highest BCUT2D eigenvalue weighted by Crippen LogP contribution is 2.45. The summed E-state index contributed by atoms with van der Waals surface area (Å²) in [7, 11) is 1.59. The molecule has 208 valence electrons. The summed E-state index contributed by atoms with van der Waals surface area (Å²) in [5.41, 5.74) is 0.985. The second kappa shape index (κ2) is 9.78. The largest absolute Gasteiger partial charge is 0.480 e. The van der Waals surface area contributed by atoms with E-state index in [4.69, 9.17) is 16.3 Å². The summed E-state index contributed by atoms with van der Waals surface area (Å²) in [6.45, 7) is 2.81. The van der Waals surface area contributed by atoms with Crippen molar-refractivity contribution in [2.75, 3.05) is 41.8 Å². The zero-order valence-corrected chi connectivity index (χ0v) is 22.5. The van der Waals surface area contributed by atoms with Crippen LogP contribution in [0.4, 0.5) is 31.9 Å². The zero-order valence-electron chi connectivity index (χ0n) is 21.8.